The lowest BCUT2D eigenvalue weighted by atomic mass is 10.1. The van der Waals surface area contributed by atoms with Crippen LogP contribution in [0.3, 0.4) is 0 Å². The van der Waals surface area contributed by atoms with Gasteiger partial charge in [0.05, 0.1) is 16.4 Å². The normalized spacial score (nSPS) is 18.1. The zero-order valence-corrected chi connectivity index (χ0v) is 14.3. The number of non-ortho nitro benzene ring substituents is 1. The van der Waals surface area contributed by atoms with Crippen molar-refractivity contribution in [3.63, 3.8) is 0 Å². The van der Waals surface area contributed by atoms with Crippen molar-refractivity contribution in [2.24, 2.45) is 10.2 Å². The fourth-order valence-corrected chi connectivity index (χ4v) is 3.13. The minimum atomic E-state index is -1.32. The zero-order chi connectivity index (χ0) is 19.4. The summed E-state index contributed by atoms with van der Waals surface area (Å²) in [6.45, 7) is 0. The molecule has 1 fully saturated rings. The fourth-order valence-electron chi connectivity index (χ4n) is 2.23. The van der Waals surface area contributed by atoms with Crippen molar-refractivity contribution >= 4 is 40.7 Å². The molecular weight excluding hydrogens is 376 g/mol. The van der Waals surface area contributed by atoms with Crippen LogP contribution in [0.5, 0.6) is 0 Å². The molecule has 0 saturated carbocycles. The molecule has 1 aromatic carbocycles. The first-order valence-corrected chi connectivity index (χ1v) is 8.43. The van der Waals surface area contributed by atoms with Crippen LogP contribution in [-0.2, 0) is 9.59 Å². The molecule has 1 aromatic heterocycles. The number of aliphatic carboxylic acids is 1. The van der Waals surface area contributed by atoms with E-state index in [4.69, 9.17) is 4.42 Å². The van der Waals surface area contributed by atoms with Crippen molar-refractivity contribution in [3.05, 3.63) is 52.3 Å². The molecule has 2 aromatic rings. The van der Waals surface area contributed by atoms with Gasteiger partial charge in [0.25, 0.3) is 5.69 Å². The summed E-state index contributed by atoms with van der Waals surface area (Å²) in [5.74, 6) is -1.02. The van der Waals surface area contributed by atoms with Crippen molar-refractivity contribution in [1.82, 2.24) is 5.32 Å². The quantitative estimate of drug-likeness (QED) is 0.440. The summed E-state index contributed by atoms with van der Waals surface area (Å²) in [6.07, 6.45) is 0.886. The van der Waals surface area contributed by atoms with Crippen molar-refractivity contribution < 1.29 is 24.0 Å². The molecule has 11 heteroatoms. The standard InChI is InChI=1S/C16H12N4O6S/c21-14(22)7-13-15(23)18-16(27-13)19-17-8-11-4-5-12(26-11)9-2-1-3-10(6-9)20(24)25/h1-6,8,13H,7H2,(H,21,22)(H,18,19,23)/p-1/b17-8-/t13-/m0/s1. The number of furan rings is 1. The molecule has 2 heterocycles. The Morgan fingerprint density at radius 3 is 2.93 bits per heavy atom. The molecule has 0 unspecified atom stereocenters. The van der Waals surface area contributed by atoms with Gasteiger partial charge in [0.1, 0.15) is 11.5 Å². The SMILES string of the molecule is O=C([O-])C[C@@H]1S/C(=N\N=C/c2ccc(-c3cccc([N+](=O)[O-])c3)o2)NC1=O. The van der Waals surface area contributed by atoms with Gasteiger partial charge in [0.15, 0.2) is 5.17 Å². The van der Waals surface area contributed by atoms with E-state index < -0.39 is 28.5 Å². The molecule has 0 spiro atoms. The Balaban J connectivity index is 1.68. The van der Waals surface area contributed by atoms with Crippen LogP contribution in [0.15, 0.2) is 51.0 Å². The molecule has 1 aliphatic rings. The Morgan fingerprint density at radius 1 is 1.37 bits per heavy atom. The van der Waals surface area contributed by atoms with Crippen LogP contribution in [0, 0.1) is 10.1 Å². The molecule has 1 atom stereocenters. The highest BCUT2D eigenvalue weighted by atomic mass is 32.2. The van der Waals surface area contributed by atoms with Gasteiger partial charge in [-0.25, -0.2) is 0 Å². The molecule has 1 saturated heterocycles. The van der Waals surface area contributed by atoms with E-state index in [2.05, 4.69) is 15.5 Å². The van der Waals surface area contributed by atoms with E-state index >= 15 is 0 Å². The van der Waals surface area contributed by atoms with Crippen LogP contribution in [-0.4, -0.2) is 33.4 Å². The number of amides is 1. The third kappa shape index (κ3) is 4.58. The largest absolute Gasteiger partial charge is 0.550 e. The molecule has 0 radical (unpaired) electrons. The van der Waals surface area contributed by atoms with Gasteiger partial charge >= 0.3 is 0 Å². The summed E-state index contributed by atoms with van der Waals surface area (Å²) in [5.41, 5.74) is 0.490. The summed E-state index contributed by atoms with van der Waals surface area (Å²) < 4.78 is 5.54. The molecule has 10 nitrogen and oxygen atoms in total. The lowest BCUT2D eigenvalue weighted by molar-refractivity contribution is -0.384. The molecule has 0 bridgehead atoms. The minimum Gasteiger partial charge on any atom is -0.550 e. The number of amidine groups is 1. The highest BCUT2D eigenvalue weighted by molar-refractivity contribution is 8.15. The molecule has 1 aliphatic heterocycles. The first-order valence-electron chi connectivity index (χ1n) is 7.55. The van der Waals surface area contributed by atoms with Gasteiger partial charge in [0.2, 0.25) is 5.91 Å². The van der Waals surface area contributed by atoms with E-state index in [-0.39, 0.29) is 10.9 Å². The Labute approximate surface area is 156 Å². The first-order chi connectivity index (χ1) is 12.9. The van der Waals surface area contributed by atoms with Crippen LogP contribution < -0.4 is 10.4 Å². The molecule has 27 heavy (non-hydrogen) atoms. The Morgan fingerprint density at radius 2 is 2.19 bits per heavy atom. The monoisotopic (exact) mass is 387 g/mol. The van der Waals surface area contributed by atoms with Crippen LogP contribution in [0.25, 0.3) is 11.3 Å². The summed E-state index contributed by atoms with van der Waals surface area (Å²) in [5, 5.41) is 30.8. The van der Waals surface area contributed by atoms with E-state index in [1.807, 2.05) is 0 Å². The van der Waals surface area contributed by atoms with E-state index in [1.165, 1.54) is 18.3 Å². The number of carbonyl (C=O) groups is 2. The second-order valence-corrected chi connectivity index (χ2v) is 6.52. The minimum absolute atomic E-state index is 0.0503. The maximum Gasteiger partial charge on any atom is 0.270 e. The lowest BCUT2D eigenvalue weighted by Gasteiger charge is -2.04. The Hall–Kier alpha value is -3.47. The number of nitrogens with zero attached hydrogens (tertiary/aromatic N) is 3. The van der Waals surface area contributed by atoms with Crippen LogP contribution in [0.1, 0.15) is 12.2 Å². The van der Waals surface area contributed by atoms with E-state index in [1.54, 1.807) is 24.3 Å². The van der Waals surface area contributed by atoms with Gasteiger partial charge in [-0.15, -0.1) is 5.10 Å². The van der Waals surface area contributed by atoms with Gasteiger partial charge in [-0.3, -0.25) is 14.9 Å². The molecular formula is C16H11N4O6S-. The summed E-state index contributed by atoms with van der Waals surface area (Å²) in [4.78, 5) is 32.5. The fraction of sp³-hybridized carbons (Fsp3) is 0.125. The average Bonchev–Trinajstić information content (AvgIpc) is 3.22. The number of carboxylic acid groups (broad SMARTS) is 1. The van der Waals surface area contributed by atoms with Crippen LogP contribution >= 0.6 is 11.8 Å². The summed E-state index contributed by atoms with van der Waals surface area (Å²) >= 11 is 0.949. The van der Waals surface area contributed by atoms with Crippen molar-refractivity contribution in [1.29, 1.82) is 0 Å². The number of nitro groups is 1. The third-order valence-electron chi connectivity index (χ3n) is 3.43. The maximum absolute atomic E-state index is 11.6. The maximum atomic E-state index is 11.6. The van der Waals surface area contributed by atoms with Crippen molar-refractivity contribution in [3.8, 4) is 11.3 Å². The van der Waals surface area contributed by atoms with E-state index in [0.717, 1.165) is 11.8 Å². The number of carboxylic acids is 1. The predicted molar refractivity (Wildman–Crippen MR) is 95.0 cm³/mol. The van der Waals surface area contributed by atoms with Crippen LogP contribution in [0.4, 0.5) is 5.69 Å². The molecule has 3 rings (SSSR count). The lowest BCUT2D eigenvalue weighted by Crippen LogP contribution is -2.31. The molecule has 0 aliphatic carbocycles. The second-order valence-electron chi connectivity index (χ2n) is 5.33. The summed E-state index contributed by atoms with van der Waals surface area (Å²) in [6, 6.07) is 9.24. The average molecular weight is 387 g/mol. The number of hydrogen-bond donors (Lipinski definition) is 1. The van der Waals surface area contributed by atoms with E-state index in [9.17, 15) is 24.8 Å². The second kappa shape index (κ2) is 7.83. The Kier molecular flexibility index (Phi) is 5.31. The number of carbonyl (C=O) groups excluding carboxylic acids is 2. The first kappa shape index (κ1) is 18.3. The van der Waals surface area contributed by atoms with Gasteiger partial charge in [-0.1, -0.05) is 23.9 Å². The van der Waals surface area contributed by atoms with E-state index in [0.29, 0.717) is 17.1 Å². The number of benzene rings is 1. The van der Waals surface area contributed by atoms with Crippen molar-refractivity contribution in [2.75, 3.05) is 0 Å². The van der Waals surface area contributed by atoms with Gasteiger partial charge in [-0.2, -0.15) is 5.10 Å². The number of rotatable bonds is 6. The van der Waals surface area contributed by atoms with Gasteiger partial charge in [-0.05, 0) is 12.1 Å². The summed E-state index contributed by atoms with van der Waals surface area (Å²) in [7, 11) is 0. The number of hydrogen-bond acceptors (Lipinski definition) is 9. The van der Waals surface area contributed by atoms with Gasteiger partial charge < -0.3 is 19.6 Å². The Bertz CT molecular complexity index is 967. The smallest absolute Gasteiger partial charge is 0.270 e. The number of nitrogens with one attached hydrogen (secondary N) is 1. The highest BCUT2D eigenvalue weighted by Crippen LogP contribution is 2.25. The van der Waals surface area contributed by atoms with Gasteiger partial charge in [0, 0.05) is 30.1 Å². The highest BCUT2D eigenvalue weighted by Gasteiger charge is 2.30. The molecule has 1 N–H and O–H groups in total. The number of thioether (sulfide) groups is 1. The molecule has 1 amide bonds. The predicted octanol–water partition coefficient (Wildman–Crippen LogP) is 0.916. The molecule has 138 valence electrons. The number of nitro benzene ring substituents is 1. The van der Waals surface area contributed by atoms with Crippen molar-refractivity contribution in [2.45, 2.75) is 11.7 Å². The zero-order valence-electron chi connectivity index (χ0n) is 13.5. The van der Waals surface area contributed by atoms with Crippen LogP contribution in [0.2, 0.25) is 0 Å². The third-order valence-corrected chi connectivity index (χ3v) is 4.50. The topological polar surface area (TPSA) is 150 Å².